The summed E-state index contributed by atoms with van der Waals surface area (Å²) in [6.45, 7) is 3.87. The van der Waals surface area contributed by atoms with E-state index >= 15 is 0 Å². The summed E-state index contributed by atoms with van der Waals surface area (Å²) in [6, 6.07) is 26.0. The van der Waals surface area contributed by atoms with Gasteiger partial charge in [-0.2, -0.15) is 0 Å². The Balaban J connectivity index is 1.40. The van der Waals surface area contributed by atoms with Gasteiger partial charge < -0.3 is 5.32 Å². The molecular weight excluding hydrogens is 386 g/mol. The van der Waals surface area contributed by atoms with Gasteiger partial charge in [-0.15, -0.1) is 0 Å². The zero-order valence-electron chi connectivity index (χ0n) is 17.5. The molecule has 1 atom stereocenters. The molecule has 0 radical (unpaired) electrons. The molecule has 5 rings (SSSR count). The van der Waals surface area contributed by atoms with Gasteiger partial charge in [0, 0.05) is 31.4 Å². The van der Waals surface area contributed by atoms with E-state index in [1.165, 1.54) is 12.5 Å². The molecule has 2 amide bonds. The van der Waals surface area contributed by atoms with Crippen LogP contribution in [0.4, 0.5) is 17.1 Å². The van der Waals surface area contributed by atoms with Gasteiger partial charge in [0.1, 0.15) is 0 Å². The molecule has 5 nitrogen and oxygen atoms in total. The highest BCUT2D eigenvalue weighted by atomic mass is 16.2. The zero-order chi connectivity index (χ0) is 21.4. The Hall–Kier alpha value is -3.44. The topological polar surface area (TPSA) is 52.7 Å². The zero-order valence-corrected chi connectivity index (χ0v) is 17.5. The maximum absolute atomic E-state index is 13.8. The summed E-state index contributed by atoms with van der Waals surface area (Å²) in [7, 11) is 0. The van der Waals surface area contributed by atoms with Crippen molar-refractivity contribution in [2.75, 3.05) is 23.3 Å². The molecular formula is C26H25N3O2. The molecule has 5 heteroatoms. The lowest BCUT2D eigenvalue weighted by atomic mass is 9.81. The first-order chi connectivity index (χ1) is 15.1. The van der Waals surface area contributed by atoms with Gasteiger partial charge in [-0.25, -0.2) is 0 Å². The summed E-state index contributed by atoms with van der Waals surface area (Å²) in [4.78, 5) is 29.3. The first kappa shape index (κ1) is 19.5. The van der Waals surface area contributed by atoms with Crippen LogP contribution >= 0.6 is 0 Å². The fourth-order valence-electron chi connectivity index (χ4n) is 4.92. The van der Waals surface area contributed by atoms with Crippen LogP contribution in [-0.4, -0.2) is 29.8 Å². The van der Waals surface area contributed by atoms with E-state index in [0.717, 1.165) is 42.1 Å². The van der Waals surface area contributed by atoms with E-state index in [2.05, 4.69) is 22.3 Å². The van der Waals surface area contributed by atoms with Crippen LogP contribution in [0.5, 0.6) is 0 Å². The first-order valence-corrected chi connectivity index (χ1v) is 10.6. The number of anilines is 3. The summed E-state index contributed by atoms with van der Waals surface area (Å²) in [6.07, 6.45) is 0.816. The Bertz CT molecular complexity index is 1130. The average molecular weight is 412 g/mol. The quantitative estimate of drug-likeness (QED) is 0.689. The van der Waals surface area contributed by atoms with Gasteiger partial charge in [0.05, 0.1) is 11.1 Å². The number of likely N-dealkylation sites (tertiary alicyclic amines) is 1. The molecule has 31 heavy (non-hydrogen) atoms. The molecule has 0 aromatic heterocycles. The van der Waals surface area contributed by atoms with Crippen LogP contribution in [0.15, 0.2) is 78.9 Å². The van der Waals surface area contributed by atoms with Crippen molar-refractivity contribution >= 4 is 28.9 Å². The lowest BCUT2D eigenvalue weighted by molar-refractivity contribution is -0.122. The van der Waals surface area contributed by atoms with Crippen molar-refractivity contribution in [1.29, 1.82) is 0 Å². The molecule has 1 spiro atoms. The molecule has 0 aliphatic carbocycles. The first-order valence-electron chi connectivity index (χ1n) is 10.6. The highest BCUT2D eigenvalue weighted by Crippen LogP contribution is 2.50. The minimum atomic E-state index is -0.497. The molecule has 1 saturated heterocycles. The van der Waals surface area contributed by atoms with E-state index < -0.39 is 5.41 Å². The van der Waals surface area contributed by atoms with Crippen LogP contribution < -0.4 is 10.2 Å². The third-order valence-corrected chi connectivity index (χ3v) is 6.32. The molecule has 2 heterocycles. The number of carbonyl (C=O) groups excluding carboxylic acids is 2. The maximum Gasteiger partial charge on any atom is 0.243 e. The molecule has 0 saturated carbocycles. The predicted octanol–water partition coefficient (Wildman–Crippen LogP) is 4.47. The van der Waals surface area contributed by atoms with Crippen molar-refractivity contribution in [3.8, 4) is 0 Å². The van der Waals surface area contributed by atoms with Crippen LogP contribution in [0.3, 0.4) is 0 Å². The van der Waals surface area contributed by atoms with E-state index in [-0.39, 0.29) is 11.8 Å². The molecule has 0 bridgehead atoms. The molecule has 1 unspecified atom stereocenters. The Morgan fingerprint density at radius 1 is 0.968 bits per heavy atom. The number of hydrogen-bond donors (Lipinski definition) is 1. The number of hydrogen-bond acceptors (Lipinski definition) is 3. The average Bonchev–Trinajstić information content (AvgIpc) is 3.30. The van der Waals surface area contributed by atoms with Crippen LogP contribution in [-0.2, 0) is 21.5 Å². The highest BCUT2D eigenvalue weighted by Gasteiger charge is 2.54. The lowest BCUT2D eigenvalue weighted by Gasteiger charge is -2.25. The largest absolute Gasteiger partial charge is 0.326 e. The Morgan fingerprint density at radius 3 is 2.42 bits per heavy atom. The van der Waals surface area contributed by atoms with Crippen molar-refractivity contribution in [3.05, 3.63) is 90.0 Å². The SMILES string of the molecule is CC(=O)Nc1ccc(CN2CCC3(C2)C(=O)N(c2ccccc2)c2ccccc23)cc1. The van der Waals surface area contributed by atoms with Gasteiger partial charge in [-0.1, -0.05) is 48.5 Å². The minimum Gasteiger partial charge on any atom is -0.326 e. The minimum absolute atomic E-state index is 0.0735. The highest BCUT2D eigenvalue weighted by molar-refractivity contribution is 6.13. The van der Waals surface area contributed by atoms with Crippen LogP contribution in [0.1, 0.15) is 24.5 Å². The molecule has 3 aromatic rings. The van der Waals surface area contributed by atoms with Crippen molar-refractivity contribution in [1.82, 2.24) is 4.90 Å². The van der Waals surface area contributed by atoms with Gasteiger partial charge in [-0.3, -0.25) is 19.4 Å². The van der Waals surface area contributed by atoms with Crippen molar-refractivity contribution < 1.29 is 9.59 Å². The monoisotopic (exact) mass is 411 g/mol. The van der Waals surface area contributed by atoms with Gasteiger partial charge in [0.15, 0.2) is 0 Å². The summed E-state index contributed by atoms with van der Waals surface area (Å²) in [5.74, 6) is 0.0963. The number of amides is 2. The maximum atomic E-state index is 13.8. The number of para-hydroxylation sites is 2. The molecule has 1 fully saturated rings. The van der Waals surface area contributed by atoms with Crippen LogP contribution in [0.2, 0.25) is 0 Å². The smallest absolute Gasteiger partial charge is 0.243 e. The van der Waals surface area contributed by atoms with Crippen LogP contribution in [0.25, 0.3) is 0 Å². The second kappa shape index (κ2) is 7.67. The Kier molecular flexibility index (Phi) is 4.83. The van der Waals surface area contributed by atoms with Crippen molar-refractivity contribution in [2.24, 2.45) is 0 Å². The molecule has 156 valence electrons. The fraction of sp³-hybridized carbons (Fsp3) is 0.231. The third kappa shape index (κ3) is 3.41. The summed E-state index contributed by atoms with van der Waals surface area (Å²) < 4.78 is 0. The normalized spacial score (nSPS) is 20.3. The van der Waals surface area contributed by atoms with Crippen molar-refractivity contribution in [2.45, 2.75) is 25.3 Å². The summed E-state index contributed by atoms with van der Waals surface area (Å²) >= 11 is 0. The molecule has 2 aliphatic rings. The fourth-order valence-corrected chi connectivity index (χ4v) is 4.92. The van der Waals surface area contributed by atoms with E-state index in [9.17, 15) is 9.59 Å². The third-order valence-electron chi connectivity index (χ3n) is 6.32. The van der Waals surface area contributed by atoms with Gasteiger partial charge in [-0.05, 0) is 54.4 Å². The Morgan fingerprint density at radius 2 is 1.68 bits per heavy atom. The lowest BCUT2D eigenvalue weighted by Crippen LogP contribution is -2.40. The van der Waals surface area contributed by atoms with Crippen LogP contribution in [0, 0.1) is 0 Å². The number of benzene rings is 3. The molecule has 1 N–H and O–H groups in total. The predicted molar refractivity (Wildman–Crippen MR) is 122 cm³/mol. The number of rotatable bonds is 4. The number of carbonyl (C=O) groups is 2. The van der Waals surface area contributed by atoms with E-state index in [1.54, 1.807) is 0 Å². The van der Waals surface area contributed by atoms with E-state index in [4.69, 9.17) is 0 Å². The number of nitrogens with zero attached hydrogens (tertiary/aromatic N) is 2. The van der Waals surface area contributed by atoms with E-state index in [0.29, 0.717) is 6.54 Å². The Labute approximate surface area is 182 Å². The second-order valence-corrected chi connectivity index (χ2v) is 8.41. The van der Waals surface area contributed by atoms with E-state index in [1.807, 2.05) is 71.6 Å². The van der Waals surface area contributed by atoms with Gasteiger partial charge >= 0.3 is 0 Å². The molecule has 3 aromatic carbocycles. The second-order valence-electron chi connectivity index (χ2n) is 8.41. The standard InChI is InChI=1S/C26H25N3O2/c1-19(30)27-21-13-11-20(12-14-21)17-28-16-15-26(18-28)23-9-5-6-10-24(23)29(25(26)31)22-7-3-2-4-8-22/h2-14H,15-18H2,1H3,(H,27,30). The van der Waals surface area contributed by atoms with Crippen molar-refractivity contribution in [3.63, 3.8) is 0 Å². The number of fused-ring (bicyclic) bond motifs is 2. The summed E-state index contributed by atoms with van der Waals surface area (Å²) in [5, 5.41) is 2.80. The summed E-state index contributed by atoms with van der Waals surface area (Å²) in [5.41, 5.74) is 4.52. The van der Waals surface area contributed by atoms with Gasteiger partial charge in [0.2, 0.25) is 11.8 Å². The number of nitrogens with one attached hydrogen (secondary N) is 1. The molecule has 2 aliphatic heterocycles. The van der Waals surface area contributed by atoms with Gasteiger partial charge in [0.25, 0.3) is 0 Å².